The Labute approximate surface area is 168 Å². The van der Waals surface area contributed by atoms with Crippen molar-refractivity contribution in [3.8, 4) is 0 Å². The molecule has 27 heavy (non-hydrogen) atoms. The molecule has 150 valence electrons. The number of aliphatic imine (C=N–C) groups is 1. The number of hydrogen-bond donors (Lipinski definition) is 2. The summed E-state index contributed by atoms with van der Waals surface area (Å²) in [6.45, 7) is 6.10. The average molecular weight is 393 g/mol. The van der Waals surface area contributed by atoms with Crippen LogP contribution in [0, 0.1) is 5.92 Å². The maximum atomic E-state index is 6.18. The van der Waals surface area contributed by atoms with Crippen LogP contribution in [0.3, 0.4) is 0 Å². The molecule has 1 aromatic carbocycles. The Morgan fingerprint density at radius 1 is 1.30 bits per heavy atom. The largest absolute Gasteiger partial charge is 0.383 e. The molecule has 0 amide bonds. The SMILES string of the molecule is CN=C(NCC1CCN(CCOC)CC1)NCC1(c2cccc(Cl)c2)CC1. The minimum absolute atomic E-state index is 0.217. The van der Waals surface area contributed by atoms with E-state index >= 15 is 0 Å². The number of nitrogens with one attached hydrogen (secondary N) is 2. The molecule has 1 heterocycles. The Kier molecular flexibility index (Phi) is 7.39. The van der Waals surface area contributed by atoms with E-state index in [1.54, 1.807) is 7.11 Å². The molecule has 0 unspecified atom stereocenters. The van der Waals surface area contributed by atoms with E-state index in [0.29, 0.717) is 5.92 Å². The van der Waals surface area contributed by atoms with Gasteiger partial charge in [-0.3, -0.25) is 4.99 Å². The Bertz CT molecular complexity index is 624. The number of nitrogens with zero attached hydrogens (tertiary/aromatic N) is 2. The number of rotatable bonds is 8. The van der Waals surface area contributed by atoms with Gasteiger partial charge in [0.1, 0.15) is 0 Å². The summed E-state index contributed by atoms with van der Waals surface area (Å²) >= 11 is 6.18. The van der Waals surface area contributed by atoms with Crippen LogP contribution < -0.4 is 10.6 Å². The number of likely N-dealkylation sites (tertiary alicyclic amines) is 1. The summed E-state index contributed by atoms with van der Waals surface area (Å²) in [4.78, 5) is 6.91. The average Bonchev–Trinajstić information content (AvgIpc) is 3.48. The molecule has 0 bridgehead atoms. The van der Waals surface area contributed by atoms with Crippen molar-refractivity contribution in [2.75, 3.05) is 53.5 Å². The topological polar surface area (TPSA) is 48.9 Å². The van der Waals surface area contributed by atoms with Gasteiger partial charge in [0, 0.05) is 44.2 Å². The third kappa shape index (κ3) is 5.84. The highest BCUT2D eigenvalue weighted by Crippen LogP contribution is 2.48. The number of hydrogen-bond acceptors (Lipinski definition) is 3. The molecule has 0 aromatic heterocycles. The fourth-order valence-electron chi connectivity index (χ4n) is 3.89. The minimum Gasteiger partial charge on any atom is -0.383 e. The summed E-state index contributed by atoms with van der Waals surface area (Å²) in [5.74, 6) is 1.62. The Morgan fingerprint density at radius 2 is 2.07 bits per heavy atom. The number of halogens is 1. The summed E-state index contributed by atoms with van der Waals surface area (Å²) in [7, 11) is 3.62. The maximum Gasteiger partial charge on any atom is 0.191 e. The molecule has 1 saturated carbocycles. The van der Waals surface area contributed by atoms with Gasteiger partial charge in [-0.05, 0) is 62.4 Å². The molecule has 2 N–H and O–H groups in total. The predicted molar refractivity (Wildman–Crippen MR) is 113 cm³/mol. The summed E-state index contributed by atoms with van der Waals surface area (Å²) in [5.41, 5.74) is 1.55. The van der Waals surface area contributed by atoms with Crippen molar-refractivity contribution in [2.45, 2.75) is 31.1 Å². The van der Waals surface area contributed by atoms with E-state index < -0.39 is 0 Å². The van der Waals surface area contributed by atoms with Gasteiger partial charge < -0.3 is 20.3 Å². The zero-order valence-electron chi connectivity index (χ0n) is 16.6. The third-order valence-corrected chi connectivity index (χ3v) is 6.22. The molecule has 0 spiro atoms. The summed E-state index contributed by atoms with van der Waals surface area (Å²) in [5, 5.41) is 7.88. The van der Waals surface area contributed by atoms with E-state index in [-0.39, 0.29) is 5.41 Å². The fraction of sp³-hybridized carbons (Fsp3) is 0.667. The van der Waals surface area contributed by atoms with Gasteiger partial charge >= 0.3 is 0 Å². The number of benzene rings is 1. The first-order valence-electron chi connectivity index (χ1n) is 10.1. The molecular formula is C21H33ClN4O. The molecular weight excluding hydrogens is 360 g/mol. The van der Waals surface area contributed by atoms with Crippen molar-refractivity contribution in [3.05, 3.63) is 34.9 Å². The lowest BCUT2D eigenvalue weighted by molar-refractivity contribution is 0.121. The molecule has 1 saturated heterocycles. The summed E-state index contributed by atoms with van der Waals surface area (Å²) < 4.78 is 5.18. The normalized spacial score (nSPS) is 20.5. The Balaban J connectivity index is 1.40. The maximum absolute atomic E-state index is 6.18. The van der Waals surface area contributed by atoms with Gasteiger partial charge in [0.05, 0.1) is 6.61 Å². The molecule has 6 heteroatoms. The van der Waals surface area contributed by atoms with Crippen LogP contribution in [0.4, 0.5) is 0 Å². The van der Waals surface area contributed by atoms with Crippen LogP contribution in [0.5, 0.6) is 0 Å². The smallest absolute Gasteiger partial charge is 0.191 e. The van der Waals surface area contributed by atoms with Crippen molar-refractivity contribution >= 4 is 17.6 Å². The van der Waals surface area contributed by atoms with E-state index in [4.69, 9.17) is 16.3 Å². The Morgan fingerprint density at radius 3 is 2.70 bits per heavy atom. The lowest BCUT2D eigenvalue weighted by Crippen LogP contribution is -2.45. The van der Waals surface area contributed by atoms with Crippen molar-refractivity contribution in [1.82, 2.24) is 15.5 Å². The highest BCUT2D eigenvalue weighted by atomic mass is 35.5. The first-order chi connectivity index (χ1) is 13.1. The molecule has 1 aliphatic carbocycles. The second-order valence-corrected chi connectivity index (χ2v) is 8.31. The van der Waals surface area contributed by atoms with Crippen molar-refractivity contribution in [2.24, 2.45) is 10.9 Å². The van der Waals surface area contributed by atoms with E-state index in [1.807, 2.05) is 19.2 Å². The van der Waals surface area contributed by atoms with Crippen LogP contribution >= 0.6 is 11.6 Å². The number of ether oxygens (including phenoxy) is 1. The standard InChI is InChI=1S/C21H33ClN4O/c1-23-20(24-15-17-6-10-26(11-7-17)12-13-27-2)25-16-21(8-9-21)18-4-3-5-19(22)14-18/h3-5,14,17H,6-13,15-16H2,1-2H3,(H2,23,24,25). The highest BCUT2D eigenvalue weighted by molar-refractivity contribution is 6.30. The lowest BCUT2D eigenvalue weighted by atomic mass is 9.96. The van der Waals surface area contributed by atoms with E-state index in [2.05, 4.69) is 32.7 Å². The van der Waals surface area contributed by atoms with Gasteiger partial charge in [-0.25, -0.2) is 0 Å². The van der Waals surface area contributed by atoms with Gasteiger partial charge in [0.25, 0.3) is 0 Å². The molecule has 1 aromatic rings. The second kappa shape index (κ2) is 9.76. The van der Waals surface area contributed by atoms with Gasteiger partial charge in [0.2, 0.25) is 0 Å². The zero-order valence-corrected chi connectivity index (χ0v) is 17.4. The summed E-state index contributed by atoms with van der Waals surface area (Å²) in [6, 6.07) is 8.28. The van der Waals surface area contributed by atoms with Crippen LogP contribution in [0.1, 0.15) is 31.2 Å². The minimum atomic E-state index is 0.217. The highest BCUT2D eigenvalue weighted by Gasteiger charge is 2.44. The van der Waals surface area contributed by atoms with Crippen molar-refractivity contribution in [3.63, 3.8) is 0 Å². The predicted octanol–water partition coefficient (Wildman–Crippen LogP) is 2.90. The van der Waals surface area contributed by atoms with Gasteiger partial charge in [0.15, 0.2) is 5.96 Å². The number of piperidine rings is 1. The number of methoxy groups -OCH3 is 1. The first kappa shape index (κ1) is 20.4. The van der Waals surface area contributed by atoms with E-state index in [0.717, 1.165) is 37.2 Å². The quantitative estimate of drug-likeness (QED) is 0.527. The lowest BCUT2D eigenvalue weighted by Gasteiger charge is -2.32. The molecule has 0 atom stereocenters. The van der Waals surface area contributed by atoms with Gasteiger partial charge in [-0.15, -0.1) is 0 Å². The first-order valence-corrected chi connectivity index (χ1v) is 10.4. The van der Waals surface area contributed by atoms with Crippen LogP contribution in [0.15, 0.2) is 29.3 Å². The second-order valence-electron chi connectivity index (χ2n) is 7.88. The molecule has 3 rings (SSSR count). The number of guanidine groups is 1. The molecule has 1 aliphatic heterocycles. The van der Waals surface area contributed by atoms with E-state index in [1.165, 1.54) is 44.3 Å². The molecule has 5 nitrogen and oxygen atoms in total. The molecule has 2 fully saturated rings. The Hall–Kier alpha value is -1.30. The van der Waals surface area contributed by atoms with Crippen molar-refractivity contribution in [1.29, 1.82) is 0 Å². The van der Waals surface area contributed by atoms with Crippen LogP contribution in [-0.2, 0) is 10.2 Å². The van der Waals surface area contributed by atoms with Crippen LogP contribution in [0.25, 0.3) is 0 Å². The van der Waals surface area contributed by atoms with Crippen LogP contribution in [0.2, 0.25) is 5.02 Å². The molecule has 0 radical (unpaired) electrons. The van der Waals surface area contributed by atoms with Crippen molar-refractivity contribution < 1.29 is 4.74 Å². The zero-order chi connectivity index (χ0) is 19.1. The van der Waals surface area contributed by atoms with Crippen LogP contribution in [-0.4, -0.2) is 64.3 Å². The van der Waals surface area contributed by atoms with E-state index in [9.17, 15) is 0 Å². The third-order valence-electron chi connectivity index (χ3n) is 5.99. The van der Waals surface area contributed by atoms with Gasteiger partial charge in [-0.1, -0.05) is 23.7 Å². The summed E-state index contributed by atoms with van der Waals surface area (Å²) in [6.07, 6.45) is 4.88. The molecule has 2 aliphatic rings. The van der Waals surface area contributed by atoms with Gasteiger partial charge in [-0.2, -0.15) is 0 Å². The fourth-order valence-corrected chi connectivity index (χ4v) is 4.08. The monoisotopic (exact) mass is 392 g/mol.